The standard InChI is InChI=1S/C5H7ClF2O3S/c6-12(9,10)2-1-11-4-3-5(4,7)8/h4H,1-3H2. The summed E-state index contributed by atoms with van der Waals surface area (Å²) < 4.78 is 49.3. The first kappa shape index (κ1) is 10.1. The molecule has 0 N–H and O–H groups in total. The molecule has 3 nitrogen and oxygen atoms in total. The molecule has 0 aliphatic heterocycles. The van der Waals surface area contributed by atoms with E-state index in [0.29, 0.717) is 0 Å². The Morgan fingerprint density at radius 2 is 2.08 bits per heavy atom. The average Bonchev–Trinajstić information content (AvgIpc) is 2.36. The Balaban J connectivity index is 2.14. The van der Waals surface area contributed by atoms with Crippen molar-refractivity contribution in [3.05, 3.63) is 0 Å². The number of rotatable bonds is 4. The van der Waals surface area contributed by atoms with Gasteiger partial charge in [-0.1, -0.05) is 0 Å². The predicted octanol–water partition coefficient (Wildman–Crippen LogP) is 0.979. The maximum absolute atomic E-state index is 12.1. The summed E-state index contributed by atoms with van der Waals surface area (Å²) in [7, 11) is 1.19. The summed E-state index contributed by atoms with van der Waals surface area (Å²) in [6.45, 7) is -0.272. The SMILES string of the molecule is O=S(=O)(Cl)CCOC1CC1(F)F. The molecule has 1 atom stereocenters. The Bertz CT molecular complexity index is 264. The third-order valence-electron chi connectivity index (χ3n) is 1.41. The molecule has 0 heterocycles. The largest absolute Gasteiger partial charge is 0.371 e. The van der Waals surface area contributed by atoms with Gasteiger partial charge in [0.15, 0.2) is 0 Å². The maximum atomic E-state index is 12.1. The first-order chi connectivity index (χ1) is 5.31. The van der Waals surface area contributed by atoms with Crippen LogP contribution in [0.3, 0.4) is 0 Å². The molecule has 1 unspecified atom stereocenters. The van der Waals surface area contributed by atoms with Crippen LogP contribution in [0, 0.1) is 0 Å². The Morgan fingerprint density at radius 3 is 2.42 bits per heavy atom. The highest BCUT2D eigenvalue weighted by molar-refractivity contribution is 8.13. The van der Waals surface area contributed by atoms with E-state index in [1.54, 1.807) is 0 Å². The minimum absolute atomic E-state index is 0.272. The molecule has 0 bridgehead atoms. The molecule has 12 heavy (non-hydrogen) atoms. The van der Waals surface area contributed by atoms with Gasteiger partial charge >= 0.3 is 0 Å². The van der Waals surface area contributed by atoms with E-state index in [1.807, 2.05) is 0 Å². The highest BCUT2D eigenvalue weighted by Gasteiger charge is 2.58. The zero-order valence-electron chi connectivity index (χ0n) is 5.97. The Kier molecular flexibility index (Phi) is 2.60. The molecule has 0 radical (unpaired) electrons. The van der Waals surface area contributed by atoms with Crippen molar-refractivity contribution in [1.29, 1.82) is 0 Å². The molecule has 72 valence electrons. The molecular formula is C5H7ClF2O3S. The van der Waals surface area contributed by atoms with Gasteiger partial charge in [0.25, 0.3) is 5.92 Å². The summed E-state index contributed by atoms with van der Waals surface area (Å²) in [5.74, 6) is -3.20. The van der Waals surface area contributed by atoms with Gasteiger partial charge in [0.1, 0.15) is 6.10 Å². The fraction of sp³-hybridized carbons (Fsp3) is 1.00. The van der Waals surface area contributed by atoms with Crippen molar-refractivity contribution in [1.82, 2.24) is 0 Å². The number of halogens is 3. The number of ether oxygens (including phenoxy) is 1. The van der Waals surface area contributed by atoms with Crippen LogP contribution >= 0.6 is 10.7 Å². The van der Waals surface area contributed by atoms with E-state index in [4.69, 9.17) is 10.7 Å². The van der Waals surface area contributed by atoms with Crippen LogP contribution in [0.15, 0.2) is 0 Å². The lowest BCUT2D eigenvalue weighted by Crippen LogP contribution is -2.11. The van der Waals surface area contributed by atoms with E-state index in [-0.39, 0.29) is 13.0 Å². The van der Waals surface area contributed by atoms with Crippen molar-refractivity contribution in [2.45, 2.75) is 18.4 Å². The van der Waals surface area contributed by atoms with Crippen molar-refractivity contribution >= 4 is 19.7 Å². The third-order valence-corrected chi connectivity index (χ3v) is 2.53. The number of hydrogen-bond acceptors (Lipinski definition) is 3. The molecule has 1 aliphatic carbocycles. The second-order valence-electron chi connectivity index (χ2n) is 2.57. The van der Waals surface area contributed by atoms with E-state index < -0.39 is 26.8 Å². The molecule has 0 aromatic heterocycles. The van der Waals surface area contributed by atoms with Crippen LogP contribution < -0.4 is 0 Å². The predicted molar refractivity (Wildman–Crippen MR) is 38.9 cm³/mol. The Hall–Kier alpha value is 0.0600. The first-order valence-electron chi connectivity index (χ1n) is 3.23. The summed E-state index contributed by atoms with van der Waals surface area (Å²) in [6, 6.07) is 0. The van der Waals surface area contributed by atoms with Gasteiger partial charge in [0.05, 0.1) is 12.4 Å². The molecule has 1 aliphatic rings. The number of alkyl halides is 2. The van der Waals surface area contributed by atoms with E-state index in [1.165, 1.54) is 0 Å². The Labute approximate surface area is 73.1 Å². The van der Waals surface area contributed by atoms with Crippen LogP contribution in [0.2, 0.25) is 0 Å². The smallest absolute Gasteiger partial charge is 0.276 e. The molecular weight excluding hydrogens is 214 g/mol. The summed E-state index contributed by atoms with van der Waals surface area (Å²) in [5, 5.41) is 0. The quantitative estimate of drug-likeness (QED) is 0.664. The van der Waals surface area contributed by atoms with Gasteiger partial charge < -0.3 is 4.74 Å². The fourth-order valence-corrected chi connectivity index (χ4v) is 1.14. The summed E-state index contributed by atoms with van der Waals surface area (Å²) in [6.07, 6.45) is -1.44. The summed E-state index contributed by atoms with van der Waals surface area (Å²) in [4.78, 5) is 0. The average molecular weight is 221 g/mol. The molecule has 1 rings (SSSR count). The van der Waals surface area contributed by atoms with Gasteiger partial charge in [0.2, 0.25) is 9.05 Å². The topological polar surface area (TPSA) is 43.4 Å². The zero-order chi connectivity index (χ0) is 9.41. The Morgan fingerprint density at radius 1 is 1.58 bits per heavy atom. The minimum atomic E-state index is -3.63. The maximum Gasteiger partial charge on any atom is 0.276 e. The van der Waals surface area contributed by atoms with Gasteiger partial charge in [-0.05, 0) is 0 Å². The monoisotopic (exact) mass is 220 g/mol. The van der Waals surface area contributed by atoms with Crippen molar-refractivity contribution in [2.75, 3.05) is 12.4 Å². The molecule has 0 spiro atoms. The minimum Gasteiger partial charge on any atom is -0.371 e. The number of hydrogen-bond donors (Lipinski definition) is 0. The van der Waals surface area contributed by atoms with Gasteiger partial charge in [-0.15, -0.1) is 0 Å². The molecule has 7 heteroatoms. The molecule has 0 saturated heterocycles. The van der Waals surface area contributed by atoms with Crippen LogP contribution in [-0.4, -0.2) is 32.8 Å². The van der Waals surface area contributed by atoms with Crippen LogP contribution in [-0.2, 0) is 13.8 Å². The van der Waals surface area contributed by atoms with Gasteiger partial charge in [-0.2, -0.15) is 0 Å². The van der Waals surface area contributed by atoms with Crippen molar-refractivity contribution in [3.8, 4) is 0 Å². The molecule has 1 fully saturated rings. The second kappa shape index (κ2) is 3.08. The van der Waals surface area contributed by atoms with E-state index >= 15 is 0 Å². The van der Waals surface area contributed by atoms with E-state index in [2.05, 4.69) is 4.74 Å². The van der Waals surface area contributed by atoms with Crippen molar-refractivity contribution in [3.63, 3.8) is 0 Å². The molecule has 0 amide bonds. The molecule has 0 aromatic carbocycles. The lowest BCUT2D eigenvalue weighted by molar-refractivity contribution is 0.0187. The molecule has 1 saturated carbocycles. The fourth-order valence-electron chi connectivity index (χ4n) is 0.659. The first-order valence-corrected chi connectivity index (χ1v) is 5.71. The van der Waals surface area contributed by atoms with Gasteiger partial charge in [0, 0.05) is 17.1 Å². The van der Waals surface area contributed by atoms with E-state index in [9.17, 15) is 17.2 Å². The normalized spacial score (nSPS) is 27.1. The van der Waals surface area contributed by atoms with Crippen LogP contribution in [0.1, 0.15) is 6.42 Å². The van der Waals surface area contributed by atoms with Crippen molar-refractivity contribution < 1.29 is 21.9 Å². The van der Waals surface area contributed by atoms with Crippen LogP contribution in [0.4, 0.5) is 8.78 Å². The lowest BCUT2D eigenvalue weighted by Gasteiger charge is -1.99. The van der Waals surface area contributed by atoms with Crippen molar-refractivity contribution in [2.24, 2.45) is 0 Å². The third kappa shape index (κ3) is 3.20. The summed E-state index contributed by atoms with van der Waals surface area (Å²) in [5.41, 5.74) is 0. The van der Waals surface area contributed by atoms with E-state index in [0.717, 1.165) is 0 Å². The second-order valence-corrected chi connectivity index (χ2v) is 5.46. The van der Waals surface area contributed by atoms with Crippen LogP contribution in [0.5, 0.6) is 0 Å². The zero-order valence-corrected chi connectivity index (χ0v) is 7.54. The highest BCUT2D eigenvalue weighted by Crippen LogP contribution is 2.44. The summed E-state index contributed by atoms with van der Waals surface area (Å²) >= 11 is 0. The van der Waals surface area contributed by atoms with Gasteiger partial charge in [-0.25, -0.2) is 17.2 Å². The highest BCUT2D eigenvalue weighted by atomic mass is 35.7. The lowest BCUT2D eigenvalue weighted by atomic mass is 10.7. The molecule has 0 aromatic rings. The van der Waals surface area contributed by atoms with Crippen LogP contribution in [0.25, 0.3) is 0 Å². The van der Waals surface area contributed by atoms with Gasteiger partial charge in [-0.3, -0.25) is 0 Å².